The summed E-state index contributed by atoms with van der Waals surface area (Å²) in [7, 11) is 0. The Balaban J connectivity index is 1.32. The highest BCUT2D eigenvalue weighted by Crippen LogP contribution is 2.27. The van der Waals surface area contributed by atoms with Crippen molar-refractivity contribution >= 4 is 23.0 Å². The fraction of sp³-hybridized carbons (Fsp3) is 0.391. The van der Waals surface area contributed by atoms with Crippen LogP contribution in [0.1, 0.15) is 26.2 Å². The zero-order valence-corrected chi connectivity index (χ0v) is 19.0. The summed E-state index contributed by atoms with van der Waals surface area (Å²) in [6, 6.07) is 8.12. The number of nitrogens with zero attached hydrogens (tertiary/aromatic N) is 7. The van der Waals surface area contributed by atoms with Gasteiger partial charge in [-0.1, -0.05) is 17.3 Å². The number of ether oxygens (including phenoxy) is 1. The quantitative estimate of drug-likeness (QED) is 0.362. The molecule has 1 amide bonds. The normalized spacial score (nSPS) is 17.9. The summed E-state index contributed by atoms with van der Waals surface area (Å²) in [5, 5.41) is 16.2. The minimum atomic E-state index is -0.246. The van der Waals surface area contributed by atoms with E-state index in [1.807, 2.05) is 48.3 Å². The number of anilines is 1. The summed E-state index contributed by atoms with van der Waals surface area (Å²) >= 11 is 0. The van der Waals surface area contributed by atoms with E-state index in [9.17, 15) is 4.79 Å². The third kappa shape index (κ3) is 4.60. The van der Waals surface area contributed by atoms with E-state index < -0.39 is 0 Å². The Morgan fingerprint density at radius 1 is 1.21 bits per heavy atom. The molecule has 3 aromatic heterocycles. The van der Waals surface area contributed by atoms with Crippen LogP contribution in [0.2, 0.25) is 0 Å². The zero-order chi connectivity index (χ0) is 23.5. The second-order valence-corrected chi connectivity index (χ2v) is 8.39. The molecule has 1 fully saturated rings. The van der Waals surface area contributed by atoms with Crippen LogP contribution in [0.25, 0.3) is 28.0 Å². The lowest BCUT2D eigenvalue weighted by Gasteiger charge is -2.12. The maximum absolute atomic E-state index is 11.4. The molecule has 0 aliphatic heterocycles. The summed E-state index contributed by atoms with van der Waals surface area (Å²) in [6.07, 6.45) is 7.85. The highest BCUT2D eigenvalue weighted by molar-refractivity contribution is 5.77. The van der Waals surface area contributed by atoms with Gasteiger partial charge in [0, 0.05) is 30.3 Å². The monoisotopic (exact) mass is 461 g/mol. The predicted molar refractivity (Wildman–Crippen MR) is 126 cm³/mol. The van der Waals surface area contributed by atoms with Gasteiger partial charge in [-0.3, -0.25) is 9.48 Å². The second kappa shape index (κ2) is 9.56. The number of primary amides is 1. The summed E-state index contributed by atoms with van der Waals surface area (Å²) in [6.45, 7) is 4.04. The number of aromatic nitrogens is 7. The van der Waals surface area contributed by atoms with Crippen LogP contribution in [-0.2, 0) is 16.1 Å². The largest absolute Gasteiger partial charge is 0.380 e. The fourth-order valence-corrected chi connectivity index (χ4v) is 4.26. The van der Waals surface area contributed by atoms with Crippen LogP contribution in [0.5, 0.6) is 0 Å². The first kappa shape index (κ1) is 22.0. The number of amides is 1. The van der Waals surface area contributed by atoms with Crippen molar-refractivity contribution in [3.05, 3.63) is 42.9 Å². The van der Waals surface area contributed by atoms with Gasteiger partial charge in [-0.2, -0.15) is 14.8 Å². The van der Waals surface area contributed by atoms with Crippen LogP contribution in [0.15, 0.2) is 42.9 Å². The Morgan fingerprint density at radius 2 is 2.06 bits per heavy atom. The van der Waals surface area contributed by atoms with Crippen LogP contribution < -0.4 is 11.1 Å². The van der Waals surface area contributed by atoms with Crippen molar-refractivity contribution in [2.45, 2.75) is 38.8 Å². The minimum Gasteiger partial charge on any atom is -0.380 e. The summed E-state index contributed by atoms with van der Waals surface area (Å²) in [5.74, 6) is 0.148. The highest BCUT2D eigenvalue weighted by Gasteiger charge is 2.28. The molecule has 5 rings (SSSR count). The van der Waals surface area contributed by atoms with Crippen molar-refractivity contribution in [3.63, 3.8) is 0 Å². The molecular weight excluding hydrogens is 434 g/mol. The van der Waals surface area contributed by atoms with Gasteiger partial charge in [0.15, 0.2) is 11.2 Å². The molecule has 176 valence electrons. The molecule has 2 unspecified atom stereocenters. The molecule has 0 bridgehead atoms. The maximum Gasteiger partial charge on any atom is 0.225 e. The van der Waals surface area contributed by atoms with Gasteiger partial charge in [0.1, 0.15) is 0 Å². The molecule has 4 aromatic rings. The molecule has 0 saturated heterocycles. The van der Waals surface area contributed by atoms with Crippen LogP contribution in [-0.4, -0.2) is 59.9 Å². The first-order valence-corrected chi connectivity index (χ1v) is 11.5. The van der Waals surface area contributed by atoms with Crippen LogP contribution in [0.4, 0.5) is 5.95 Å². The van der Waals surface area contributed by atoms with E-state index >= 15 is 0 Å². The molecule has 0 radical (unpaired) electrons. The van der Waals surface area contributed by atoms with Gasteiger partial charge in [-0.15, -0.1) is 5.10 Å². The molecule has 34 heavy (non-hydrogen) atoms. The van der Waals surface area contributed by atoms with E-state index in [1.54, 1.807) is 10.9 Å². The van der Waals surface area contributed by atoms with Crippen LogP contribution in [0, 0.1) is 5.92 Å². The Labute approximate surface area is 196 Å². The molecule has 11 heteroatoms. The second-order valence-electron chi connectivity index (χ2n) is 8.39. The van der Waals surface area contributed by atoms with Gasteiger partial charge in [-0.25, -0.2) is 4.98 Å². The molecule has 3 N–H and O–H groups in total. The van der Waals surface area contributed by atoms with Crippen molar-refractivity contribution in [2.75, 3.05) is 18.5 Å². The van der Waals surface area contributed by atoms with Crippen molar-refractivity contribution in [3.8, 4) is 16.8 Å². The van der Waals surface area contributed by atoms with Crippen molar-refractivity contribution in [2.24, 2.45) is 11.7 Å². The number of hydrogen-bond donors (Lipinski definition) is 2. The summed E-state index contributed by atoms with van der Waals surface area (Å²) in [5.41, 5.74) is 9.59. The number of nitrogens with two attached hydrogens (primary N) is 1. The van der Waals surface area contributed by atoms with Gasteiger partial charge in [0.05, 0.1) is 31.2 Å². The van der Waals surface area contributed by atoms with E-state index in [2.05, 4.69) is 30.7 Å². The van der Waals surface area contributed by atoms with Crippen molar-refractivity contribution in [1.82, 2.24) is 34.7 Å². The number of hydrogen-bond acceptors (Lipinski definition) is 8. The van der Waals surface area contributed by atoms with E-state index in [0.717, 1.165) is 36.2 Å². The SMILES string of the molecule is CCOCCn1cc(-c2ccc(-n3nnc4cnc(NC5CCC(C(N)=O)C5)nc43)cc2)cn1. The standard InChI is InChI=1S/C23H27N9O2/c1-2-34-10-9-31-14-17(12-26-31)15-4-7-19(8-5-15)32-22-20(29-30-32)13-25-23(28-22)27-18-6-3-16(11-18)21(24)33/h4-5,7-8,12-14,16,18H,2-3,6,9-11H2,1H3,(H2,24,33)(H,25,27,28). The van der Waals surface area contributed by atoms with Gasteiger partial charge in [0.2, 0.25) is 11.9 Å². The number of benzene rings is 1. The van der Waals surface area contributed by atoms with Gasteiger partial charge >= 0.3 is 0 Å². The first-order chi connectivity index (χ1) is 16.6. The minimum absolute atomic E-state index is 0.0938. The fourth-order valence-electron chi connectivity index (χ4n) is 4.26. The topological polar surface area (TPSA) is 139 Å². The van der Waals surface area contributed by atoms with Gasteiger partial charge in [0.25, 0.3) is 0 Å². The molecule has 2 atom stereocenters. The van der Waals surface area contributed by atoms with Crippen LogP contribution >= 0.6 is 0 Å². The molecule has 1 aliphatic carbocycles. The Hall–Kier alpha value is -3.86. The third-order valence-corrected chi connectivity index (χ3v) is 6.11. The third-order valence-electron chi connectivity index (χ3n) is 6.11. The van der Waals surface area contributed by atoms with Crippen molar-refractivity contribution < 1.29 is 9.53 Å². The number of carbonyl (C=O) groups is 1. The highest BCUT2D eigenvalue weighted by atomic mass is 16.5. The lowest BCUT2D eigenvalue weighted by molar-refractivity contribution is -0.121. The molecule has 1 saturated carbocycles. The molecule has 0 spiro atoms. The Bertz CT molecular complexity index is 1280. The number of nitrogens with one attached hydrogen (secondary N) is 1. The average Bonchev–Trinajstić information content (AvgIpc) is 3.59. The first-order valence-electron chi connectivity index (χ1n) is 11.5. The number of fused-ring (bicyclic) bond motifs is 1. The summed E-state index contributed by atoms with van der Waals surface area (Å²) < 4.78 is 8.97. The predicted octanol–water partition coefficient (Wildman–Crippen LogP) is 2.18. The van der Waals surface area contributed by atoms with E-state index in [-0.39, 0.29) is 17.9 Å². The number of rotatable bonds is 9. The summed E-state index contributed by atoms with van der Waals surface area (Å²) in [4.78, 5) is 20.4. The van der Waals surface area contributed by atoms with Crippen LogP contribution in [0.3, 0.4) is 0 Å². The van der Waals surface area contributed by atoms with Crippen molar-refractivity contribution in [1.29, 1.82) is 0 Å². The Kier molecular flexibility index (Phi) is 6.17. The maximum atomic E-state index is 11.4. The van der Waals surface area contributed by atoms with Gasteiger partial charge in [-0.05, 0) is 43.9 Å². The molecule has 11 nitrogen and oxygen atoms in total. The molecule has 3 heterocycles. The molecule has 1 aliphatic rings. The van der Waals surface area contributed by atoms with E-state index in [0.29, 0.717) is 36.7 Å². The lowest BCUT2D eigenvalue weighted by atomic mass is 10.1. The van der Waals surface area contributed by atoms with Gasteiger partial charge < -0.3 is 15.8 Å². The smallest absolute Gasteiger partial charge is 0.225 e. The van der Waals surface area contributed by atoms with E-state index in [4.69, 9.17) is 10.5 Å². The Morgan fingerprint density at radius 3 is 2.82 bits per heavy atom. The molecule has 1 aromatic carbocycles. The lowest BCUT2D eigenvalue weighted by Crippen LogP contribution is -2.23. The number of carbonyl (C=O) groups excluding carboxylic acids is 1. The molecular formula is C23H27N9O2. The average molecular weight is 462 g/mol. The van der Waals surface area contributed by atoms with E-state index in [1.165, 1.54) is 0 Å². The zero-order valence-electron chi connectivity index (χ0n) is 19.0.